The van der Waals surface area contributed by atoms with Crippen LogP contribution in [-0.4, -0.2) is 89.4 Å². The molecule has 0 aliphatic carbocycles. The number of hydrogen-bond acceptors (Lipinski definition) is 8. The first kappa shape index (κ1) is 44.7. The number of amides is 3. The van der Waals surface area contributed by atoms with E-state index in [1.807, 2.05) is 13.1 Å². The van der Waals surface area contributed by atoms with E-state index in [2.05, 4.69) is 43.5 Å². The Morgan fingerprint density at radius 2 is 1.19 bits per heavy atom. The van der Waals surface area contributed by atoms with Crippen LogP contribution in [0.2, 0.25) is 0 Å². The van der Waals surface area contributed by atoms with Crippen molar-refractivity contribution in [3.05, 3.63) is 156 Å². The fraction of sp³-hybridized carbons (Fsp3) is 0.196. The molecule has 3 amide bonds. The Hall–Kier alpha value is -8.49. The van der Waals surface area contributed by atoms with Crippen LogP contribution in [0.3, 0.4) is 0 Å². The van der Waals surface area contributed by atoms with Crippen molar-refractivity contribution in [2.45, 2.75) is 31.6 Å². The third kappa shape index (κ3) is 8.92. The molecule has 10 rings (SSSR count). The maximum absolute atomic E-state index is 13.9. The van der Waals surface area contributed by atoms with E-state index in [-0.39, 0.29) is 34.7 Å². The Morgan fingerprint density at radius 1 is 0.721 bits per heavy atom. The first-order valence-electron chi connectivity index (χ1n) is 21.9. The second kappa shape index (κ2) is 19.2. The van der Waals surface area contributed by atoms with Gasteiger partial charge in [-0.25, -0.2) is 17.8 Å². The van der Waals surface area contributed by atoms with Crippen molar-refractivity contribution in [1.82, 2.24) is 39.0 Å². The molecule has 17 heteroatoms. The molecule has 0 saturated carbocycles. The molecule has 15 nitrogen and oxygen atoms in total. The number of ether oxygens (including phenoxy) is 2. The molecule has 6 heterocycles. The highest BCUT2D eigenvalue weighted by Crippen LogP contribution is 2.36. The number of rotatable bonds is 12. The van der Waals surface area contributed by atoms with Crippen LogP contribution < -0.4 is 20.9 Å². The average molecular weight is 917 g/mol. The monoisotopic (exact) mass is 916 g/mol. The van der Waals surface area contributed by atoms with Gasteiger partial charge in [0.25, 0.3) is 11.8 Å². The number of H-pyrrole nitrogens is 2. The number of para-hydroxylation sites is 2. The summed E-state index contributed by atoms with van der Waals surface area (Å²) in [5, 5.41) is 8.87. The van der Waals surface area contributed by atoms with Gasteiger partial charge in [0.05, 0.1) is 30.3 Å². The van der Waals surface area contributed by atoms with Crippen LogP contribution in [0, 0.1) is 23.5 Å². The number of benzene rings is 4. The van der Waals surface area contributed by atoms with Crippen molar-refractivity contribution in [2.75, 3.05) is 32.7 Å². The lowest BCUT2D eigenvalue weighted by Gasteiger charge is -2.13. The summed E-state index contributed by atoms with van der Waals surface area (Å²) in [6.45, 7) is 9.19. The van der Waals surface area contributed by atoms with E-state index in [9.17, 15) is 23.2 Å². The number of primary amides is 2. The summed E-state index contributed by atoms with van der Waals surface area (Å²) < 4.78 is 42.1. The number of nitrogens with two attached hydrogens (primary N) is 2. The summed E-state index contributed by atoms with van der Waals surface area (Å²) >= 11 is 0. The SMILES string of the molecule is C=CC(=O)N1CCC(c2cnn3c(C(N)=O)c(-c4ccc(Oc5ccccc5F)cc4)[nH]c23)C1.CC#CCN1CCC(c2cnn3c(C(N)=O)c(-c4ccc(Oc5ccccc5F)cc4)[nH]c23)C1. The number of nitrogens with zero attached hydrogens (tertiary/aromatic N) is 6. The molecule has 0 bridgehead atoms. The molecule has 8 aromatic rings. The molecule has 6 N–H and O–H groups in total. The van der Waals surface area contributed by atoms with Gasteiger partial charge < -0.3 is 35.8 Å². The van der Waals surface area contributed by atoms with Crippen LogP contribution in [0.15, 0.2) is 122 Å². The summed E-state index contributed by atoms with van der Waals surface area (Å²) in [7, 11) is 0. The zero-order valence-corrected chi connectivity index (χ0v) is 36.9. The summed E-state index contributed by atoms with van der Waals surface area (Å²) in [4.78, 5) is 47.4. The van der Waals surface area contributed by atoms with Crippen molar-refractivity contribution in [3.8, 4) is 57.4 Å². The summed E-state index contributed by atoms with van der Waals surface area (Å²) in [5.41, 5.74) is 17.9. The van der Waals surface area contributed by atoms with Crippen LogP contribution in [0.25, 0.3) is 33.8 Å². The van der Waals surface area contributed by atoms with Gasteiger partial charge >= 0.3 is 0 Å². The Labute approximate surface area is 388 Å². The fourth-order valence-electron chi connectivity index (χ4n) is 8.80. The smallest absolute Gasteiger partial charge is 0.269 e. The number of aromatic nitrogens is 6. The van der Waals surface area contributed by atoms with Gasteiger partial charge in [0.1, 0.15) is 22.8 Å². The van der Waals surface area contributed by atoms with Gasteiger partial charge in [0, 0.05) is 53.7 Å². The third-order valence-electron chi connectivity index (χ3n) is 12.2. The number of likely N-dealkylation sites (tertiary alicyclic amines) is 2. The van der Waals surface area contributed by atoms with Crippen molar-refractivity contribution < 1.29 is 32.6 Å². The second-order valence-electron chi connectivity index (χ2n) is 16.4. The number of carbonyl (C=O) groups is 3. The Morgan fingerprint density at radius 3 is 1.65 bits per heavy atom. The number of carbonyl (C=O) groups excluding carboxylic acids is 3. The molecule has 0 spiro atoms. The number of hydrogen-bond donors (Lipinski definition) is 4. The van der Waals surface area contributed by atoms with Gasteiger partial charge in [0.2, 0.25) is 5.91 Å². The van der Waals surface area contributed by atoms with E-state index in [4.69, 9.17) is 20.9 Å². The highest BCUT2D eigenvalue weighted by molar-refractivity contribution is 5.99. The first-order chi connectivity index (χ1) is 33.0. The number of aromatic amines is 2. The maximum Gasteiger partial charge on any atom is 0.269 e. The number of fused-ring (bicyclic) bond motifs is 2. The predicted molar refractivity (Wildman–Crippen MR) is 251 cm³/mol. The maximum atomic E-state index is 13.9. The Balaban J connectivity index is 0.000000170. The lowest BCUT2D eigenvalue weighted by Crippen LogP contribution is -2.26. The number of imidazole rings is 2. The van der Waals surface area contributed by atoms with Gasteiger partial charge in [-0.3, -0.25) is 19.3 Å². The zero-order chi connectivity index (χ0) is 47.5. The highest BCUT2D eigenvalue weighted by Gasteiger charge is 2.32. The Bertz CT molecular complexity index is 3250. The fourth-order valence-corrected chi connectivity index (χ4v) is 8.80. The molecule has 4 aromatic carbocycles. The zero-order valence-electron chi connectivity index (χ0n) is 36.9. The van der Waals surface area contributed by atoms with Crippen molar-refractivity contribution in [1.29, 1.82) is 0 Å². The molecule has 2 atom stereocenters. The standard InChI is InChI=1S/C26H24FN5O2.C25H22FN5O3/c1-2-3-13-31-14-12-18(16-31)20-15-29-32-24(25(28)33)23(30-26(20)32)17-8-10-19(11-9-17)34-22-7-5-4-6-21(22)27;1-2-21(32)30-12-11-16(14-30)18-13-28-31-23(24(27)33)22(29-25(18)31)15-7-9-17(10-8-15)34-20-6-4-3-5-19(20)26/h4-11,15,18,30H,12-14,16H2,1H3,(H2,28,33);2-10,13,16,29H,1,11-12,14H2,(H2,27,33). The minimum Gasteiger partial charge on any atom is -0.454 e. The van der Waals surface area contributed by atoms with Gasteiger partial charge in [-0.05, 0) is 105 Å². The summed E-state index contributed by atoms with van der Waals surface area (Å²) in [6.07, 6.45) is 6.61. The van der Waals surface area contributed by atoms with Crippen LogP contribution in [0.4, 0.5) is 8.78 Å². The number of halogens is 2. The third-order valence-corrected chi connectivity index (χ3v) is 12.2. The van der Waals surface area contributed by atoms with E-state index in [1.54, 1.807) is 101 Å². The van der Waals surface area contributed by atoms with E-state index in [1.165, 1.54) is 22.7 Å². The molecule has 2 aliphatic heterocycles. The minimum absolute atomic E-state index is 0.0742. The lowest BCUT2D eigenvalue weighted by atomic mass is 10.0. The molecule has 2 saturated heterocycles. The normalized spacial score (nSPS) is 15.7. The van der Waals surface area contributed by atoms with Crippen LogP contribution in [0.1, 0.15) is 63.7 Å². The van der Waals surface area contributed by atoms with Crippen molar-refractivity contribution in [2.24, 2.45) is 11.5 Å². The van der Waals surface area contributed by atoms with E-state index in [0.29, 0.717) is 53.1 Å². The predicted octanol–water partition coefficient (Wildman–Crippen LogP) is 8.03. The molecule has 4 aromatic heterocycles. The van der Waals surface area contributed by atoms with Gasteiger partial charge in [-0.1, -0.05) is 36.8 Å². The molecule has 2 unspecified atom stereocenters. The number of nitrogens with one attached hydrogen (secondary N) is 2. The molecular formula is C51H46F2N10O5. The second-order valence-corrected chi connectivity index (χ2v) is 16.4. The summed E-state index contributed by atoms with van der Waals surface area (Å²) in [6, 6.07) is 26.3. The van der Waals surface area contributed by atoms with E-state index in [0.717, 1.165) is 54.8 Å². The van der Waals surface area contributed by atoms with Crippen molar-refractivity contribution in [3.63, 3.8) is 0 Å². The van der Waals surface area contributed by atoms with Crippen molar-refractivity contribution >= 4 is 29.0 Å². The summed E-state index contributed by atoms with van der Waals surface area (Å²) in [5.74, 6) is 5.42. The van der Waals surface area contributed by atoms with Crippen LogP contribution >= 0.6 is 0 Å². The van der Waals surface area contributed by atoms with Gasteiger partial charge in [-0.15, -0.1) is 5.92 Å². The minimum atomic E-state index is -0.627. The van der Waals surface area contributed by atoms with E-state index >= 15 is 0 Å². The first-order valence-corrected chi connectivity index (χ1v) is 21.9. The van der Waals surface area contributed by atoms with Crippen LogP contribution in [-0.2, 0) is 4.79 Å². The molecular weight excluding hydrogens is 871 g/mol. The largest absolute Gasteiger partial charge is 0.454 e. The molecule has 2 fully saturated rings. The quantitative estimate of drug-likeness (QED) is 0.0699. The molecule has 68 heavy (non-hydrogen) atoms. The van der Waals surface area contributed by atoms with Crippen LogP contribution in [0.5, 0.6) is 23.0 Å². The topological polar surface area (TPSA) is 194 Å². The van der Waals surface area contributed by atoms with E-state index < -0.39 is 23.4 Å². The lowest BCUT2D eigenvalue weighted by molar-refractivity contribution is -0.125. The van der Waals surface area contributed by atoms with Gasteiger partial charge in [-0.2, -0.15) is 10.2 Å². The Kier molecular flexibility index (Phi) is 12.6. The van der Waals surface area contributed by atoms with Gasteiger partial charge in [0.15, 0.2) is 34.5 Å². The molecule has 344 valence electrons. The highest BCUT2D eigenvalue weighted by atomic mass is 19.1. The molecule has 0 radical (unpaired) electrons. The molecule has 2 aliphatic rings. The average Bonchev–Trinajstić information content (AvgIpc) is 4.21.